The number of nitro benzene ring substituents is 1. The molecule has 13 heteroatoms. The molecule has 1 aliphatic heterocycles. The van der Waals surface area contributed by atoms with E-state index < -0.39 is 47.9 Å². The van der Waals surface area contributed by atoms with Gasteiger partial charge in [-0.2, -0.15) is 4.98 Å². The number of rotatable bonds is 7. The Balaban J connectivity index is 1.53. The van der Waals surface area contributed by atoms with Crippen LogP contribution in [0.4, 0.5) is 16.3 Å². The van der Waals surface area contributed by atoms with E-state index in [1.807, 2.05) is 0 Å². The van der Waals surface area contributed by atoms with Crippen LogP contribution in [0.3, 0.4) is 0 Å². The maximum Gasteiger partial charge on any atom is 0.412 e. The number of aromatic nitrogens is 2. The van der Waals surface area contributed by atoms with Gasteiger partial charge < -0.3 is 24.8 Å². The molecule has 0 aliphatic carbocycles. The van der Waals surface area contributed by atoms with Gasteiger partial charge in [0.05, 0.1) is 18.1 Å². The van der Waals surface area contributed by atoms with Gasteiger partial charge in [-0.1, -0.05) is 12.1 Å². The Labute approximate surface area is 174 Å². The first-order chi connectivity index (χ1) is 14.8. The lowest BCUT2D eigenvalue weighted by atomic mass is 10.1. The number of nitrogens with one attached hydrogen (secondary N) is 1. The van der Waals surface area contributed by atoms with E-state index in [-0.39, 0.29) is 18.1 Å². The number of aliphatic hydroxyl groups is 3. The lowest BCUT2D eigenvalue weighted by Gasteiger charge is -2.17. The third kappa shape index (κ3) is 5.21. The minimum atomic E-state index is -1.44. The number of carbonyl (C=O) groups is 1. The van der Waals surface area contributed by atoms with Gasteiger partial charge in [-0.25, -0.2) is 9.59 Å². The molecule has 13 nitrogen and oxygen atoms in total. The Kier molecular flexibility index (Phi) is 6.91. The zero-order chi connectivity index (χ0) is 22.5. The number of aliphatic hydroxyl groups excluding tert-OH is 3. The minimum absolute atomic E-state index is 0.0107. The van der Waals surface area contributed by atoms with Gasteiger partial charge in [0.2, 0.25) is 0 Å². The molecule has 0 bridgehead atoms. The normalized spacial score (nSPS) is 22.8. The van der Waals surface area contributed by atoms with Crippen molar-refractivity contribution in [2.24, 2.45) is 0 Å². The van der Waals surface area contributed by atoms with Crippen LogP contribution in [0.1, 0.15) is 11.8 Å². The summed E-state index contributed by atoms with van der Waals surface area (Å²) < 4.78 is 11.2. The van der Waals surface area contributed by atoms with Crippen LogP contribution in [0.2, 0.25) is 0 Å². The van der Waals surface area contributed by atoms with E-state index in [2.05, 4.69) is 10.3 Å². The molecule has 0 saturated carbocycles. The average Bonchev–Trinajstić information content (AvgIpc) is 3.02. The second-order valence-electron chi connectivity index (χ2n) is 6.67. The van der Waals surface area contributed by atoms with Gasteiger partial charge >= 0.3 is 11.8 Å². The molecule has 0 unspecified atom stereocenters. The fraction of sp³-hybridized carbons (Fsp3) is 0.389. The van der Waals surface area contributed by atoms with Crippen LogP contribution in [0.15, 0.2) is 41.3 Å². The van der Waals surface area contributed by atoms with Crippen molar-refractivity contribution in [1.29, 1.82) is 0 Å². The van der Waals surface area contributed by atoms with Crippen LogP contribution in [-0.2, 0) is 15.9 Å². The maximum absolute atomic E-state index is 12.2. The lowest BCUT2D eigenvalue weighted by molar-refractivity contribution is -0.384. The van der Waals surface area contributed by atoms with Crippen LogP contribution in [0.25, 0.3) is 0 Å². The van der Waals surface area contributed by atoms with Crippen LogP contribution < -0.4 is 11.0 Å². The summed E-state index contributed by atoms with van der Waals surface area (Å²) in [7, 11) is 0. The van der Waals surface area contributed by atoms with Gasteiger partial charge in [0.15, 0.2) is 6.23 Å². The Morgan fingerprint density at radius 2 is 1.97 bits per heavy atom. The molecule has 1 fully saturated rings. The molecule has 2 aromatic rings. The predicted molar refractivity (Wildman–Crippen MR) is 103 cm³/mol. The van der Waals surface area contributed by atoms with Crippen LogP contribution in [-0.4, -0.2) is 67.4 Å². The predicted octanol–water partition coefficient (Wildman–Crippen LogP) is -0.446. The van der Waals surface area contributed by atoms with Gasteiger partial charge in [-0.05, 0) is 11.6 Å². The van der Waals surface area contributed by atoms with Crippen molar-refractivity contribution in [3.63, 3.8) is 0 Å². The van der Waals surface area contributed by atoms with Gasteiger partial charge in [0.1, 0.15) is 24.1 Å². The first-order valence-corrected chi connectivity index (χ1v) is 9.19. The summed E-state index contributed by atoms with van der Waals surface area (Å²) in [5.74, 6) is -0.103. The third-order valence-electron chi connectivity index (χ3n) is 4.62. The fourth-order valence-corrected chi connectivity index (χ4v) is 2.97. The zero-order valence-electron chi connectivity index (χ0n) is 16.0. The number of hydrogen-bond donors (Lipinski definition) is 4. The van der Waals surface area contributed by atoms with Crippen molar-refractivity contribution in [2.45, 2.75) is 31.0 Å². The number of ether oxygens (including phenoxy) is 2. The summed E-state index contributed by atoms with van der Waals surface area (Å²) in [6, 6.07) is 7.08. The summed E-state index contributed by atoms with van der Waals surface area (Å²) in [5.41, 5.74) is -0.170. The minimum Gasteiger partial charge on any atom is -0.449 e. The highest BCUT2D eigenvalue weighted by atomic mass is 16.6. The van der Waals surface area contributed by atoms with Crippen LogP contribution in [0, 0.1) is 10.1 Å². The van der Waals surface area contributed by atoms with Gasteiger partial charge in [0.25, 0.3) is 5.69 Å². The van der Waals surface area contributed by atoms with E-state index in [0.29, 0.717) is 6.42 Å². The quantitative estimate of drug-likeness (QED) is 0.327. The molecule has 4 atom stereocenters. The Morgan fingerprint density at radius 1 is 1.26 bits per heavy atom. The fourth-order valence-electron chi connectivity index (χ4n) is 2.97. The number of anilines is 1. The molecular weight excluding hydrogens is 416 g/mol. The smallest absolute Gasteiger partial charge is 0.412 e. The van der Waals surface area contributed by atoms with E-state index in [1.165, 1.54) is 24.4 Å². The maximum atomic E-state index is 12.2. The monoisotopic (exact) mass is 436 g/mol. The number of carbonyl (C=O) groups excluding carboxylic acids is 1. The molecule has 3 rings (SSSR count). The molecule has 1 aromatic heterocycles. The number of hydrogen-bond acceptors (Lipinski definition) is 10. The van der Waals surface area contributed by atoms with E-state index >= 15 is 0 Å². The van der Waals surface area contributed by atoms with Crippen molar-refractivity contribution in [1.82, 2.24) is 9.55 Å². The van der Waals surface area contributed by atoms with Crippen molar-refractivity contribution in [2.75, 3.05) is 18.5 Å². The van der Waals surface area contributed by atoms with E-state index in [4.69, 9.17) is 14.6 Å². The average molecular weight is 436 g/mol. The van der Waals surface area contributed by atoms with Crippen LogP contribution >= 0.6 is 0 Å². The Bertz CT molecular complexity index is 994. The molecule has 1 saturated heterocycles. The third-order valence-corrected chi connectivity index (χ3v) is 4.62. The van der Waals surface area contributed by atoms with Crippen LogP contribution in [0.5, 0.6) is 0 Å². The zero-order valence-corrected chi connectivity index (χ0v) is 16.0. The topological polar surface area (TPSA) is 186 Å². The summed E-state index contributed by atoms with van der Waals surface area (Å²) in [5, 5.41) is 41.8. The summed E-state index contributed by atoms with van der Waals surface area (Å²) in [6.07, 6.45) is -4.43. The second-order valence-corrected chi connectivity index (χ2v) is 6.67. The van der Waals surface area contributed by atoms with Crippen molar-refractivity contribution in [3.8, 4) is 0 Å². The van der Waals surface area contributed by atoms with Crippen molar-refractivity contribution < 1.29 is 34.5 Å². The number of non-ortho nitro benzene ring substituents is 1. The Morgan fingerprint density at radius 3 is 2.55 bits per heavy atom. The first-order valence-electron chi connectivity index (χ1n) is 9.19. The first kappa shape index (κ1) is 22.3. The highest BCUT2D eigenvalue weighted by molar-refractivity contribution is 5.83. The Hall–Kier alpha value is -3.39. The molecule has 4 N–H and O–H groups in total. The lowest BCUT2D eigenvalue weighted by Crippen LogP contribution is -2.36. The van der Waals surface area contributed by atoms with E-state index in [0.717, 1.165) is 10.1 Å². The molecule has 2 heterocycles. The molecule has 1 aromatic carbocycles. The van der Waals surface area contributed by atoms with E-state index in [9.17, 15) is 29.9 Å². The highest BCUT2D eigenvalue weighted by Gasteiger charge is 2.43. The summed E-state index contributed by atoms with van der Waals surface area (Å²) >= 11 is 0. The molecule has 1 aliphatic rings. The van der Waals surface area contributed by atoms with Crippen molar-refractivity contribution in [3.05, 3.63) is 62.7 Å². The molecule has 31 heavy (non-hydrogen) atoms. The number of benzene rings is 1. The number of nitro groups is 1. The highest BCUT2D eigenvalue weighted by Crippen LogP contribution is 2.28. The van der Waals surface area contributed by atoms with Gasteiger partial charge in [0, 0.05) is 24.8 Å². The largest absolute Gasteiger partial charge is 0.449 e. The molecule has 0 spiro atoms. The number of amides is 1. The van der Waals surface area contributed by atoms with E-state index in [1.54, 1.807) is 12.1 Å². The standard InChI is InChI=1S/C18H20N4O9/c23-9-12-14(24)15(25)16(31-12)21-7-5-13(19-17(21)26)20-18(27)30-8-6-10-1-3-11(4-2-10)22(28)29/h1-5,7,12,14-16,23-25H,6,8-9H2,(H,19,20,26,27)/t12-,14-,15+,16-/m1/s1. The number of nitrogens with zero attached hydrogens (tertiary/aromatic N) is 3. The summed E-state index contributed by atoms with van der Waals surface area (Å²) in [6.45, 7) is -0.550. The second kappa shape index (κ2) is 9.61. The van der Waals surface area contributed by atoms with Gasteiger partial charge in [-0.3, -0.25) is 20.0 Å². The summed E-state index contributed by atoms with van der Waals surface area (Å²) in [4.78, 5) is 37.9. The SMILES string of the molecule is O=C(Nc1ccn([C@@H]2O[C@H](CO)[C@@H](O)[C@@H]2O)c(=O)n1)OCCc1ccc([N+](=O)[O-])cc1. The molecule has 0 radical (unpaired) electrons. The molecule has 1 amide bonds. The molecule has 166 valence electrons. The van der Waals surface area contributed by atoms with Crippen molar-refractivity contribution >= 4 is 17.6 Å². The van der Waals surface area contributed by atoms with Gasteiger partial charge in [-0.15, -0.1) is 0 Å². The molecular formula is C18H20N4O9.